The lowest BCUT2D eigenvalue weighted by Gasteiger charge is -2.10. The van der Waals surface area contributed by atoms with Crippen molar-refractivity contribution in [3.8, 4) is 23.5 Å². The molecule has 30 heavy (non-hydrogen) atoms. The summed E-state index contributed by atoms with van der Waals surface area (Å²) in [6.07, 6.45) is 2.78. The minimum Gasteiger partial charge on any atom is -0.491 e. The molecule has 150 valence electrons. The third kappa shape index (κ3) is 3.14. The van der Waals surface area contributed by atoms with Gasteiger partial charge in [-0.15, -0.1) is 0 Å². The minimum absolute atomic E-state index is 0.0422. The summed E-state index contributed by atoms with van der Waals surface area (Å²) in [5, 5.41) is 18.3. The fourth-order valence-electron chi connectivity index (χ4n) is 2.96. The SMILES string of the molecule is Cc1cnc2c(Cc3cc(F)c(C#N)cc3F)nc(-c3nc(O)c(F)c(=O)[nH]3)cn12. The molecule has 0 aliphatic rings. The van der Waals surface area contributed by atoms with Crippen LogP contribution in [0.2, 0.25) is 0 Å². The van der Waals surface area contributed by atoms with E-state index in [4.69, 9.17) is 5.26 Å². The topological polar surface area (TPSA) is 120 Å². The molecule has 3 aromatic heterocycles. The number of aromatic nitrogens is 5. The van der Waals surface area contributed by atoms with Gasteiger partial charge in [-0.25, -0.2) is 18.7 Å². The fraction of sp³-hybridized carbons (Fsp3) is 0.105. The van der Waals surface area contributed by atoms with Crippen LogP contribution in [-0.2, 0) is 6.42 Å². The highest BCUT2D eigenvalue weighted by atomic mass is 19.1. The summed E-state index contributed by atoms with van der Waals surface area (Å²) in [4.78, 5) is 25.9. The lowest BCUT2D eigenvalue weighted by molar-refractivity contribution is 0.405. The Hall–Kier alpha value is -4.20. The van der Waals surface area contributed by atoms with Gasteiger partial charge in [0.25, 0.3) is 11.4 Å². The monoisotopic (exact) mass is 412 g/mol. The molecule has 0 aliphatic carbocycles. The fourth-order valence-corrected chi connectivity index (χ4v) is 2.96. The molecule has 3 heterocycles. The molecule has 4 rings (SSSR count). The molecule has 0 saturated carbocycles. The van der Waals surface area contributed by atoms with Crippen molar-refractivity contribution < 1.29 is 18.3 Å². The molecule has 4 aromatic rings. The number of H-pyrrole nitrogens is 1. The van der Waals surface area contributed by atoms with Crippen LogP contribution in [0.1, 0.15) is 22.5 Å². The standard InChI is InChI=1S/C19H11F3N6O2/c1-8-6-24-17-13(4-9-2-12(21)10(5-23)3-11(9)20)25-14(7-28(8)17)16-26-18(29)15(22)19(30)27-16/h2-3,6-7H,4H2,1H3,(H2,26,27,29,30). The van der Waals surface area contributed by atoms with Gasteiger partial charge in [0.1, 0.15) is 23.4 Å². The third-order valence-corrected chi connectivity index (χ3v) is 4.45. The number of halogens is 3. The van der Waals surface area contributed by atoms with Crippen LogP contribution in [0.3, 0.4) is 0 Å². The summed E-state index contributed by atoms with van der Waals surface area (Å²) < 4.78 is 43.3. The van der Waals surface area contributed by atoms with Gasteiger partial charge in [0.2, 0.25) is 5.82 Å². The Bertz CT molecular complexity index is 1420. The molecular weight excluding hydrogens is 401 g/mol. The molecule has 0 fully saturated rings. The second-order valence-electron chi connectivity index (χ2n) is 6.43. The zero-order valence-corrected chi connectivity index (χ0v) is 15.2. The summed E-state index contributed by atoms with van der Waals surface area (Å²) in [6, 6.07) is 3.25. The van der Waals surface area contributed by atoms with Crippen molar-refractivity contribution in [3.63, 3.8) is 0 Å². The van der Waals surface area contributed by atoms with Crippen molar-refractivity contribution in [1.29, 1.82) is 5.26 Å². The quantitative estimate of drug-likeness (QED) is 0.533. The Morgan fingerprint density at radius 3 is 2.70 bits per heavy atom. The van der Waals surface area contributed by atoms with E-state index >= 15 is 0 Å². The highest BCUT2D eigenvalue weighted by Gasteiger charge is 2.18. The molecule has 0 amide bonds. The Kier molecular flexibility index (Phi) is 4.46. The van der Waals surface area contributed by atoms with Gasteiger partial charge in [0, 0.05) is 24.5 Å². The van der Waals surface area contributed by atoms with Crippen molar-refractivity contribution in [2.75, 3.05) is 0 Å². The number of aromatic hydroxyl groups is 1. The van der Waals surface area contributed by atoms with Crippen LogP contribution in [0.15, 0.2) is 29.3 Å². The number of nitrogens with one attached hydrogen (secondary N) is 1. The van der Waals surface area contributed by atoms with Gasteiger partial charge in [-0.1, -0.05) is 0 Å². The van der Waals surface area contributed by atoms with E-state index in [1.54, 1.807) is 17.4 Å². The summed E-state index contributed by atoms with van der Waals surface area (Å²) in [6.45, 7) is 1.73. The third-order valence-electron chi connectivity index (χ3n) is 4.45. The minimum atomic E-state index is -1.44. The molecule has 11 heteroatoms. The Morgan fingerprint density at radius 2 is 2.00 bits per heavy atom. The largest absolute Gasteiger partial charge is 0.491 e. The molecule has 8 nitrogen and oxygen atoms in total. The van der Waals surface area contributed by atoms with Gasteiger partial charge < -0.3 is 14.5 Å². The maximum atomic E-state index is 14.4. The van der Waals surface area contributed by atoms with E-state index in [0.29, 0.717) is 11.3 Å². The Morgan fingerprint density at radius 1 is 1.23 bits per heavy atom. The average molecular weight is 412 g/mol. The van der Waals surface area contributed by atoms with Crippen LogP contribution in [0.4, 0.5) is 13.2 Å². The molecule has 0 aliphatic heterocycles. The van der Waals surface area contributed by atoms with Gasteiger partial charge in [-0.3, -0.25) is 4.79 Å². The molecular formula is C19H11F3N6O2. The normalized spacial score (nSPS) is 11.0. The van der Waals surface area contributed by atoms with E-state index in [0.717, 1.165) is 12.1 Å². The molecule has 0 bridgehead atoms. The highest BCUT2D eigenvalue weighted by Crippen LogP contribution is 2.23. The smallest absolute Gasteiger partial charge is 0.291 e. The first-order chi connectivity index (χ1) is 14.3. The van der Waals surface area contributed by atoms with Crippen LogP contribution in [-0.4, -0.2) is 29.4 Å². The van der Waals surface area contributed by atoms with Gasteiger partial charge in [-0.2, -0.15) is 14.6 Å². The maximum Gasteiger partial charge on any atom is 0.291 e. The van der Waals surface area contributed by atoms with Crippen molar-refractivity contribution in [2.24, 2.45) is 0 Å². The van der Waals surface area contributed by atoms with Gasteiger partial charge >= 0.3 is 0 Å². The van der Waals surface area contributed by atoms with Gasteiger partial charge in [0.05, 0.1) is 11.3 Å². The molecule has 0 spiro atoms. The van der Waals surface area contributed by atoms with Crippen LogP contribution >= 0.6 is 0 Å². The lowest BCUT2D eigenvalue weighted by Crippen LogP contribution is -2.14. The number of aryl methyl sites for hydroxylation is 1. The van der Waals surface area contributed by atoms with Gasteiger partial charge in [-0.05, 0) is 24.6 Å². The zero-order chi connectivity index (χ0) is 21.6. The van der Waals surface area contributed by atoms with E-state index < -0.39 is 34.5 Å². The molecule has 0 saturated heterocycles. The van der Waals surface area contributed by atoms with E-state index in [9.17, 15) is 23.1 Å². The van der Waals surface area contributed by atoms with E-state index in [1.165, 1.54) is 12.4 Å². The summed E-state index contributed by atoms with van der Waals surface area (Å²) >= 11 is 0. The molecule has 0 unspecified atom stereocenters. The number of hydrogen-bond donors (Lipinski definition) is 2. The number of nitrogens with zero attached hydrogens (tertiary/aromatic N) is 5. The number of aromatic amines is 1. The summed E-state index contributed by atoms with van der Waals surface area (Å²) in [7, 11) is 0. The van der Waals surface area contributed by atoms with Crippen molar-refractivity contribution >= 4 is 5.65 Å². The van der Waals surface area contributed by atoms with Crippen molar-refractivity contribution in [1.82, 2.24) is 24.3 Å². The first-order valence-electron chi connectivity index (χ1n) is 8.49. The number of imidazole rings is 1. The predicted molar refractivity (Wildman–Crippen MR) is 97.1 cm³/mol. The van der Waals surface area contributed by atoms with E-state index in [2.05, 4.69) is 19.9 Å². The number of fused-ring (bicyclic) bond motifs is 1. The Labute approximate surface area is 165 Å². The number of rotatable bonds is 3. The summed E-state index contributed by atoms with van der Waals surface area (Å²) in [5.41, 5.74) is -0.436. The maximum absolute atomic E-state index is 14.4. The Balaban J connectivity index is 1.90. The van der Waals surface area contributed by atoms with Gasteiger partial charge in [0.15, 0.2) is 11.5 Å². The van der Waals surface area contributed by atoms with Crippen LogP contribution in [0.25, 0.3) is 17.2 Å². The van der Waals surface area contributed by atoms with Crippen LogP contribution in [0, 0.1) is 35.7 Å². The lowest BCUT2D eigenvalue weighted by atomic mass is 10.1. The number of nitriles is 1. The number of benzene rings is 1. The predicted octanol–water partition coefficient (Wildman–Crippen LogP) is 2.37. The molecule has 0 radical (unpaired) electrons. The van der Waals surface area contributed by atoms with Crippen molar-refractivity contribution in [3.05, 3.63) is 74.8 Å². The molecule has 0 atom stereocenters. The van der Waals surface area contributed by atoms with Crippen molar-refractivity contribution in [2.45, 2.75) is 13.3 Å². The molecule has 2 N–H and O–H groups in total. The second kappa shape index (κ2) is 7.00. The zero-order valence-electron chi connectivity index (χ0n) is 15.2. The van der Waals surface area contributed by atoms with Crippen LogP contribution < -0.4 is 5.56 Å². The van der Waals surface area contributed by atoms with E-state index in [1.807, 2.05) is 0 Å². The second-order valence-corrected chi connectivity index (χ2v) is 6.43. The van der Waals surface area contributed by atoms with Crippen LogP contribution in [0.5, 0.6) is 5.88 Å². The average Bonchev–Trinajstić information content (AvgIpc) is 3.09. The van der Waals surface area contributed by atoms with E-state index in [-0.39, 0.29) is 29.2 Å². The first kappa shape index (κ1) is 19.1. The molecule has 1 aromatic carbocycles. The number of hydrogen-bond acceptors (Lipinski definition) is 6. The summed E-state index contributed by atoms with van der Waals surface area (Å²) in [5.74, 6) is -4.43. The highest BCUT2D eigenvalue weighted by molar-refractivity contribution is 5.56. The first-order valence-corrected chi connectivity index (χ1v) is 8.49.